The first-order valence-corrected chi connectivity index (χ1v) is 10.6. The lowest BCUT2D eigenvalue weighted by Crippen LogP contribution is -2.40. The van der Waals surface area contributed by atoms with Crippen LogP contribution in [0.15, 0.2) is 48.9 Å². The third-order valence-electron chi connectivity index (χ3n) is 5.88. The lowest BCUT2D eigenvalue weighted by molar-refractivity contribution is -0.131. The molecule has 158 valence electrons. The van der Waals surface area contributed by atoms with Gasteiger partial charge in [0.25, 0.3) is 0 Å². The van der Waals surface area contributed by atoms with Crippen molar-refractivity contribution >= 4 is 5.91 Å². The van der Waals surface area contributed by atoms with E-state index in [1.165, 1.54) is 0 Å². The Balaban J connectivity index is 1.35. The first kappa shape index (κ1) is 19.5. The second kappa shape index (κ2) is 8.34. The van der Waals surface area contributed by atoms with E-state index < -0.39 is 0 Å². The van der Waals surface area contributed by atoms with Gasteiger partial charge in [0.2, 0.25) is 12.7 Å². The zero-order chi connectivity index (χ0) is 21.2. The van der Waals surface area contributed by atoms with E-state index in [0.717, 1.165) is 53.3 Å². The lowest BCUT2D eigenvalue weighted by Gasteiger charge is -2.33. The summed E-state index contributed by atoms with van der Waals surface area (Å²) in [5, 5.41) is 0. The predicted octanol–water partition coefficient (Wildman–Crippen LogP) is 3.52. The maximum Gasteiger partial charge on any atom is 0.231 e. The molecule has 0 radical (unpaired) electrons. The number of aryl methyl sites for hydroxylation is 1. The average molecular weight is 416 g/mol. The largest absolute Gasteiger partial charge is 0.454 e. The van der Waals surface area contributed by atoms with Crippen molar-refractivity contribution < 1.29 is 14.3 Å². The minimum absolute atomic E-state index is 0.125. The molecule has 0 unspecified atom stereocenters. The van der Waals surface area contributed by atoms with Crippen LogP contribution in [0, 0.1) is 6.92 Å². The third kappa shape index (κ3) is 4.08. The number of hydrogen-bond donors (Lipinski definition) is 0. The second-order valence-electron chi connectivity index (χ2n) is 8.00. The van der Waals surface area contributed by atoms with Crippen LogP contribution in [0.25, 0.3) is 11.1 Å². The molecule has 7 nitrogen and oxygen atoms in total. The number of fused-ring (bicyclic) bond motifs is 1. The number of pyridine rings is 1. The average Bonchev–Trinajstić information content (AvgIpc) is 3.27. The zero-order valence-corrected chi connectivity index (χ0v) is 17.5. The van der Waals surface area contributed by atoms with Crippen molar-refractivity contribution in [3.05, 3.63) is 66.0 Å². The number of likely N-dealkylation sites (tertiary alicyclic amines) is 1. The maximum absolute atomic E-state index is 13.1. The first-order chi connectivity index (χ1) is 15.2. The molecule has 4 heterocycles. The number of ether oxygens (including phenoxy) is 2. The summed E-state index contributed by atoms with van der Waals surface area (Å²) in [5.41, 5.74) is 4.02. The van der Waals surface area contributed by atoms with E-state index in [2.05, 4.69) is 9.97 Å². The van der Waals surface area contributed by atoms with Crippen LogP contribution in [0.2, 0.25) is 0 Å². The van der Waals surface area contributed by atoms with Crippen molar-refractivity contribution in [2.75, 3.05) is 19.9 Å². The van der Waals surface area contributed by atoms with Crippen LogP contribution < -0.4 is 9.47 Å². The molecule has 0 N–H and O–H groups in total. The van der Waals surface area contributed by atoms with Crippen molar-refractivity contribution in [2.24, 2.45) is 0 Å². The Labute approximate surface area is 181 Å². The molecule has 1 saturated heterocycles. The summed E-state index contributed by atoms with van der Waals surface area (Å²) in [6, 6.07) is 9.65. The van der Waals surface area contributed by atoms with Gasteiger partial charge in [-0.1, -0.05) is 6.07 Å². The van der Waals surface area contributed by atoms with E-state index in [9.17, 15) is 4.79 Å². The molecule has 0 spiro atoms. The Hall–Kier alpha value is -3.48. The molecule has 2 aliphatic heterocycles. The molecule has 3 aromatic rings. The smallest absolute Gasteiger partial charge is 0.231 e. The van der Waals surface area contributed by atoms with Crippen LogP contribution in [-0.2, 0) is 11.2 Å². The van der Waals surface area contributed by atoms with Crippen LogP contribution in [0.3, 0.4) is 0 Å². The zero-order valence-electron chi connectivity index (χ0n) is 17.5. The molecule has 1 atom stereocenters. The molecule has 1 fully saturated rings. The van der Waals surface area contributed by atoms with Crippen molar-refractivity contribution in [1.29, 1.82) is 0 Å². The van der Waals surface area contributed by atoms with Crippen molar-refractivity contribution in [2.45, 2.75) is 32.1 Å². The van der Waals surface area contributed by atoms with Crippen molar-refractivity contribution in [1.82, 2.24) is 19.9 Å². The van der Waals surface area contributed by atoms with E-state index >= 15 is 0 Å². The van der Waals surface area contributed by atoms with Gasteiger partial charge in [0.1, 0.15) is 5.82 Å². The third-order valence-corrected chi connectivity index (χ3v) is 5.88. The topological polar surface area (TPSA) is 77.4 Å². The molecule has 2 aliphatic rings. The predicted molar refractivity (Wildman–Crippen MR) is 115 cm³/mol. The highest BCUT2D eigenvalue weighted by Crippen LogP contribution is 2.34. The van der Waals surface area contributed by atoms with Gasteiger partial charge < -0.3 is 14.4 Å². The maximum atomic E-state index is 13.1. The van der Waals surface area contributed by atoms with Gasteiger partial charge in [0.15, 0.2) is 11.5 Å². The minimum atomic E-state index is 0.125. The highest BCUT2D eigenvalue weighted by molar-refractivity contribution is 5.79. The van der Waals surface area contributed by atoms with Gasteiger partial charge >= 0.3 is 0 Å². The number of hydrogen-bond acceptors (Lipinski definition) is 6. The number of carbonyl (C=O) groups is 1. The molecule has 0 saturated carbocycles. The van der Waals surface area contributed by atoms with E-state index in [1.54, 1.807) is 12.4 Å². The highest BCUT2D eigenvalue weighted by atomic mass is 16.7. The summed E-state index contributed by atoms with van der Waals surface area (Å²) in [6.45, 7) is 3.58. The van der Waals surface area contributed by atoms with Crippen molar-refractivity contribution in [3.63, 3.8) is 0 Å². The Morgan fingerprint density at radius 2 is 2.00 bits per heavy atom. The van der Waals surface area contributed by atoms with E-state index in [4.69, 9.17) is 14.5 Å². The molecule has 2 aromatic heterocycles. The van der Waals surface area contributed by atoms with Gasteiger partial charge in [-0.2, -0.15) is 0 Å². The molecule has 31 heavy (non-hydrogen) atoms. The molecule has 0 aliphatic carbocycles. The van der Waals surface area contributed by atoms with E-state index in [0.29, 0.717) is 18.7 Å². The van der Waals surface area contributed by atoms with Gasteiger partial charge in [0, 0.05) is 43.2 Å². The molecular weight excluding hydrogens is 392 g/mol. The fourth-order valence-corrected chi connectivity index (χ4v) is 4.32. The Kier molecular flexibility index (Phi) is 5.24. The van der Waals surface area contributed by atoms with Crippen LogP contribution in [0.4, 0.5) is 0 Å². The molecule has 7 heteroatoms. The second-order valence-corrected chi connectivity index (χ2v) is 8.00. The van der Waals surface area contributed by atoms with Gasteiger partial charge in [-0.3, -0.25) is 9.78 Å². The van der Waals surface area contributed by atoms with E-state index in [1.807, 2.05) is 48.4 Å². The Bertz CT molecular complexity index is 1100. The summed E-state index contributed by atoms with van der Waals surface area (Å²) in [4.78, 5) is 28.4. The van der Waals surface area contributed by atoms with Gasteiger partial charge in [-0.25, -0.2) is 9.97 Å². The normalized spacial score (nSPS) is 17.6. The Morgan fingerprint density at radius 1 is 1.16 bits per heavy atom. The summed E-state index contributed by atoms with van der Waals surface area (Å²) < 4.78 is 10.8. The molecule has 5 rings (SSSR count). The monoisotopic (exact) mass is 416 g/mol. The van der Waals surface area contributed by atoms with Gasteiger partial charge in [-0.05, 0) is 55.2 Å². The number of amides is 1. The van der Waals surface area contributed by atoms with Gasteiger partial charge in [-0.15, -0.1) is 0 Å². The quantitative estimate of drug-likeness (QED) is 0.648. The summed E-state index contributed by atoms with van der Waals surface area (Å²) in [7, 11) is 0. The first-order valence-electron chi connectivity index (χ1n) is 10.6. The van der Waals surface area contributed by atoms with Crippen molar-refractivity contribution in [3.8, 4) is 22.6 Å². The standard InChI is InChI=1S/C24H24N4O3/c1-16-26-13-20(18-6-8-25-9-7-18)24(27-16)19-3-2-10-28(14-19)23(29)12-17-4-5-21-22(11-17)31-15-30-21/h4-9,11,13,19H,2-3,10,12,14-15H2,1H3/t19-/m1/s1. The fraction of sp³-hybridized carbons (Fsp3) is 0.333. The minimum Gasteiger partial charge on any atom is -0.454 e. The number of rotatable bonds is 4. The molecule has 1 amide bonds. The Morgan fingerprint density at radius 3 is 2.87 bits per heavy atom. The number of benzene rings is 1. The van der Waals surface area contributed by atoms with Gasteiger partial charge in [0.05, 0.1) is 12.1 Å². The van der Waals surface area contributed by atoms with E-state index in [-0.39, 0.29) is 18.6 Å². The highest BCUT2D eigenvalue weighted by Gasteiger charge is 2.28. The summed E-state index contributed by atoms with van der Waals surface area (Å²) in [6.07, 6.45) is 7.75. The molecule has 0 bridgehead atoms. The molecular formula is C24H24N4O3. The molecule has 1 aromatic carbocycles. The van der Waals surface area contributed by atoms with Crippen LogP contribution in [0.5, 0.6) is 11.5 Å². The van der Waals surface area contributed by atoms with Crippen LogP contribution in [0.1, 0.15) is 35.8 Å². The SMILES string of the molecule is Cc1ncc(-c2ccncc2)c([C@@H]2CCCN(C(=O)Cc3ccc4c(c3)OCO4)C2)n1. The van der Waals surface area contributed by atoms with Crippen LogP contribution >= 0.6 is 0 Å². The van der Waals surface area contributed by atoms with Crippen LogP contribution in [-0.4, -0.2) is 45.6 Å². The number of nitrogens with zero attached hydrogens (tertiary/aromatic N) is 4. The lowest BCUT2D eigenvalue weighted by atomic mass is 9.90. The summed E-state index contributed by atoms with van der Waals surface area (Å²) in [5.74, 6) is 2.49. The number of aromatic nitrogens is 3. The number of carbonyl (C=O) groups excluding carboxylic acids is 1. The number of piperidine rings is 1. The summed E-state index contributed by atoms with van der Waals surface area (Å²) >= 11 is 0. The fourth-order valence-electron chi connectivity index (χ4n) is 4.32.